The van der Waals surface area contributed by atoms with E-state index in [-0.39, 0.29) is 35.6 Å². The van der Waals surface area contributed by atoms with Gasteiger partial charge in [0.25, 0.3) is 0 Å². The molecule has 218 valence electrons. The van der Waals surface area contributed by atoms with Gasteiger partial charge in [0.1, 0.15) is 16.7 Å². The zero-order valence-corrected chi connectivity index (χ0v) is 24.2. The van der Waals surface area contributed by atoms with Crippen LogP contribution in [0.4, 0.5) is 11.4 Å². The van der Waals surface area contributed by atoms with Crippen molar-refractivity contribution < 1.29 is 19.5 Å². The summed E-state index contributed by atoms with van der Waals surface area (Å²) in [7, 11) is 2.11. The Labute approximate surface area is 236 Å². The van der Waals surface area contributed by atoms with Gasteiger partial charge in [0.15, 0.2) is 0 Å². The molecular weight excluding hydrogens is 518 g/mol. The number of rotatable bonds is 14. The SMILES string of the molecule is CCCC(CO)NC(=O)[C@@H](N)C1S[C@H](CNc2ccc(NC(=O)CCN3CCN(C)CC3)cc2)C(=O)N1CC. The van der Waals surface area contributed by atoms with Gasteiger partial charge >= 0.3 is 0 Å². The lowest BCUT2D eigenvalue weighted by Gasteiger charge is -2.32. The molecule has 2 fully saturated rings. The number of anilines is 2. The van der Waals surface area contributed by atoms with Crippen molar-refractivity contribution in [2.75, 3.05) is 70.1 Å². The first-order valence-electron chi connectivity index (χ1n) is 13.9. The van der Waals surface area contributed by atoms with Crippen molar-refractivity contribution in [3.05, 3.63) is 24.3 Å². The molecule has 1 aromatic carbocycles. The normalized spacial score (nSPS) is 22.0. The van der Waals surface area contributed by atoms with Gasteiger partial charge in [0, 0.05) is 63.6 Å². The zero-order valence-electron chi connectivity index (χ0n) is 23.4. The molecule has 4 atom stereocenters. The smallest absolute Gasteiger partial charge is 0.240 e. The molecule has 2 heterocycles. The number of carbonyl (C=O) groups is 3. The van der Waals surface area contributed by atoms with Gasteiger partial charge in [-0.2, -0.15) is 0 Å². The second-order valence-electron chi connectivity index (χ2n) is 10.2. The number of nitrogens with one attached hydrogen (secondary N) is 3. The molecule has 0 spiro atoms. The Kier molecular flexibility index (Phi) is 12.3. The molecule has 2 aliphatic rings. The Morgan fingerprint density at radius 2 is 1.79 bits per heavy atom. The minimum Gasteiger partial charge on any atom is -0.394 e. The lowest BCUT2D eigenvalue weighted by atomic mass is 10.1. The van der Waals surface area contributed by atoms with Crippen LogP contribution < -0.4 is 21.7 Å². The molecule has 12 heteroatoms. The third-order valence-electron chi connectivity index (χ3n) is 7.24. The van der Waals surface area contributed by atoms with Crippen LogP contribution >= 0.6 is 11.8 Å². The van der Waals surface area contributed by atoms with Crippen molar-refractivity contribution in [3.63, 3.8) is 0 Å². The van der Waals surface area contributed by atoms with Crippen LogP contribution in [0.15, 0.2) is 24.3 Å². The summed E-state index contributed by atoms with van der Waals surface area (Å²) >= 11 is 1.39. The number of nitrogens with two attached hydrogens (primary N) is 1. The van der Waals surface area contributed by atoms with Gasteiger partial charge in [-0.25, -0.2) is 0 Å². The van der Waals surface area contributed by atoms with E-state index in [1.807, 2.05) is 38.1 Å². The summed E-state index contributed by atoms with van der Waals surface area (Å²) in [5.41, 5.74) is 7.84. The fourth-order valence-corrected chi connectivity index (χ4v) is 6.24. The number of aliphatic hydroxyl groups is 1. The minimum absolute atomic E-state index is 0.00586. The van der Waals surface area contributed by atoms with Crippen molar-refractivity contribution in [1.29, 1.82) is 0 Å². The van der Waals surface area contributed by atoms with Crippen molar-refractivity contribution in [2.24, 2.45) is 5.73 Å². The number of amides is 3. The molecule has 2 unspecified atom stereocenters. The van der Waals surface area contributed by atoms with Gasteiger partial charge in [-0.15, -0.1) is 11.8 Å². The maximum Gasteiger partial charge on any atom is 0.240 e. The van der Waals surface area contributed by atoms with Gasteiger partial charge in [-0.05, 0) is 44.7 Å². The molecule has 39 heavy (non-hydrogen) atoms. The third kappa shape index (κ3) is 9.07. The van der Waals surface area contributed by atoms with Gasteiger partial charge in [-0.3, -0.25) is 14.4 Å². The summed E-state index contributed by atoms with van der Waals surface area (Å²) < 4.78 is 0. The highest BCUT2D eigenvalue weighted by atomic mass is 32.2. The maximum atomic E-state index is 13.0. The first kappa shape index (κ1) is 31.2. The Balaban J connectivity index is 1.46. The van der Waals surface area contributed by atoms with Gasteiger partial charge in [-0.1, -0.05) is 13.3 Å². The van der Waals surface area contributed by atoms with Crippen LogP contribution in [0.3, 0.4) is 0 Å². The molecule has 11 nitrogen and oxygen atoms in total. The topological polar surface area (TPSA) is 143 Å². The molecule has 0 radical (unpaired) electrons. The van der Waals surface area contributed by atoms with Crippen LogP contribution in [0.25, 0.3) is 0 Å². The Hall–Kier alpha value is -2.38. The predicted molar refractivity (Wildman–Crippen MR) is 157 cm³/mol. The van der Waals surface area contributed by atoms with Crippen molar-refractivity contribution in [3.8, 4) is 0 Å². The van der Waals surface area contributed by atoms with E-state index in [4.69, 9.17) is 5.73 Å². The van der Waals surface area contributed by atoms with E-state index in [2.05, 4.69) is 32.8 Å². The lowest BCUT2D eigenvalue weighted by Crippen LogP contribution is -2.55. The second kappa shape index (κ2) is 15.4. The second-order valence-corrected chi connectivity index (χ2v) is 11.6. The van der Waals surface area contributed by atoms with Crippen LogP contribution in [-0.2, 0) is 14.4 Å². The van der Waals surface area contributed by atoms with Crippen LogP contribution in [0, 0.1) is 0 Å². The molecular formula is C27H45N7O4S. The standard InChI is InChI=1S/C27H45N7O4S/c1-4-6-21(18-35)31-25(37)24(28)27-34(5-2)26(38)22(39-27)17-29-19-7-9-20(10-8-19)30-23(36)11-12-33-15-13-32(3)14-16-33/h7-10,21-22,24,27,29,35H,4-6,11-18,28H2,1-3H3,(H,30,36)(H,31,37)/t21?,22-,24-,27?/m1/s1. The maximum absolute atomic E-state index is 13.0. The number of carbonyl (C=O) groups excluding carboxylic acids is 3. The number of likely N-dealkylation sites (N-methyl/N-ethyl adjacent to an activating group) is 2. The molecule has 0 saturated carbocycles. The van der Waals surface area contributed by atoms with Crippen LogP contribution in [0.1, 0.15) is 33.1 Å². The highest BCUT2D eigenvalue weighted by Crippen LogP contribution is 2.33. The number of aliphatic hydroxyl groups excluding tert-OH is 1. The highest BCUT2D eigenvalue weighted by molar-refractivity contribution is 8.01. The molecule has 3 rings (SSSR count). The van der Waals surface area contributed by atoms with Gasteiger partial charge < -0.3 is 41.5 Å². The van der Waals surface area contributed by atoms with E-state index in [0.29, 0.717) is 25.9 Å². The van der Waals surface area contributed by atoms with E-state index in [0.717, 1.165) is 50.5 Å². The fourth-order valence-electron chi connectivity index (χ4n) is 4.78. The average molecular weight is 564 g/mol. The zero-order chi connectivity index (χ0) is 28.4. The average Bonchev–Trinajstić information content (AvgIpc) is 3.26. The summed E-state index contributed by atoms with van der Waals surface area (Å²) in [6.07, 6.45) is 1.95. The number of benzene rings is 1. The molecule has 6 N–H and O–H groups in total. The summed E-state index contributed by atoms with van der Waals surface area (Å²) in [6, 6.07) is 6.19. The van der Waals surface area contributed by atoms with Crippen molar-refractivity contribution in [2.45, 2.75) is 55.8 Å². The number of nitrogens with zero attached hydrogens (tertiary/aromatic N) is 3. The van der Waals surface area contributed by atoms with Crippen LogP contribution in [0.2, 0.25) is 0 Å². The highest BCUT2D eigenvalue weighted by Gasteiger charge is 2.44. The third-order valence-corrected chi connectivity index (χ3v) is 8.76. The molecule has 3 amide bonds. The number of hydrogen-bond donors (Lipinski definition) is 5. The predicted octanol–water partition coefficient (Wildman–Crippen LogP) is 0.569. The molecule has 0 aliphatic carbocycles. The summed E-state index contributed by atoms with van der Waals surface area (Å²) in [6.45, 7) is 9.35. The summed E-state index contributed by atoms with van der Waals surface area (Å²) in [5.74, 6) is -0.422. The largest absolute Gasteiger partial charge is 0.394 e. The number of hydrogen-bond acceptors (Lipinski definition) is 9. The molecule has 0 aromatic heterocycles. The van der Waals surface area contributed by atoms with E-state index in [1.54, 1.807) is 4.90 Å². The number of thioether (sulfide) groups is 1. The van der Waals surface area contributed by atoms with Gasteiger partial charge in [0.2, 0.25) is 17.7 Å². The quantitative estimate of drug-likeness (QED) is 0.219. The van der Waals surface area contributed by atoms with E-state index in [1.165, 1.54) is 11.8 Å². The van der Waals surface area contributed by atoms with Crippen LogP contribution in [0.5, 0.6) is 0 Å². The lowest BCUT2D eigenvalue weighted by molar-refractivity contribution is -0.131. The monoisotopic (exact) mass is 563 g/mol. The Morgan fingerprint density at radius 1 is 1.13 bits per heavy atom. The number of piperazine rings is 1. The van der Waals surface area contributed by atoms with Crippen LogP contribution in [-0.4, -0.2) is 120 Å². The Morgan fingerprint density at radius 3 is 2.41 bits per heavy atom. The Bertz CT molecular complexity index is 943. The first-order chi connectivity index (χ1) is 18.7. The summed E-state index contributed by atoms with van der Waals surface area (Å²) in [4.78, 5) is 44.4. The van der Waals surface area contributed by atoms with Gasteiger partial charge in [0.05, 0.1) is 12.6 Å². The van der Waals surface area contributed by atoms with Crippen molar-refractivity contribution in [1.82, 2.24) is 20.0 Å². The fraction of sp³-hybridized carbons (Fsp3) is 0.667. The summed E-state index contributed by atoms with van der Waals surface area (Å²) in [5, 5.41) is 17.7. The first-order valence-corrected chi connectivity index (χ1v) is 14.9. The van der Waals surface area contributed by atoms with E-state index < -0.39 is 11.4 Å². The van der Waals surface area contributed by atoms with E-state index in [9.17, 15) is 19.5 Å². The molecule has 2 aliphatic heterocycles. The van der Waals surface area contributed by atoms with E-state index >= 15 is 0 Å². The molecule has 2 saturated heterocycles. The molecule has 0 bridgehead atoms. The van der Waals surface area contributed by atoms with Crippen molar-refractivity contribution >= 4 is 40.9 Å². The minimum atomic E-state index is -0.894. The molecule has 1 aromatic rings.